The summed E-state index contributed by atoms with van der Waals surface area (Å²) in [6.45, 7) is 2.12. The zero-order valence-corrected chi connectivity index (χ0v) is 17.8. The predicted octanol–water partition coefficient (Wildman–Crippen LogP) is 3.27. The monoisotopic (exact) mass is 433 g/mol. The molecule has 0 aliphatic carbocycles. The number of nitrogens with zero attached hydrogens (tertiary/aromatic N) is 4. The van der Waals surface area contributed by atoms with E-state index in [2.05, 4.69) is 20.3 Å². The Morgan fingerprint density at radius 3 is 2.61 bits per heavy atom. The van der Waals surface area contributed by atoms with Crippen LogP contribution < -0.4 is 5.32 Å². The maximum atomic E-state index is 13.0. The predicted molar refractivity (Wildman–Crippen MR) is 119 cm³/mol. The quantitative estimate of drug-likeness (QED) is 0.520. The van der Waals surface area contributed by atoms with E-state index in [4.69, 9.17) is 0 Å². The molecule has 4 aromatic rings. The Labute approximate surface area is 181 Å². The molecule has 1 saturated heterocycles. The van der Waals surface area contributed by atoms with Crippen molar-refractivity contribution in [2.24, 2.45) is 5.92 Å². The summed E-state index contributed by atoms with van der Waals surface area (Å²) in [5.74, 6) is 0.641. The molecule has 0 saturated carbocycles. The summed E-state index contributed by atoms with van der Waals surface area (Å²) in [6.07, 6.45) is 8.09. The molecule has 5 rings (SSSR count). The van der Waals surface area contributed by atoms with Gasteiger partial charge < -0.3 is 5.32 Å². The molecule has 31 heavy (non-hydrogen) atoms. The topological polar surface area (TPSA) is 89.8 Å². The van der Waals surface area contributed by atoms with Gasteiger partial charge in [-0.1, -0.05) is 18.2 Å². The summed E-state index contributed by atoms with van der Waals surface area (Å²) in [5.41, 5.74) is 3.07. The normalized spacial score (nSPS) is 15.4. The first-order valence-electron chi connectivity index (χ1n) is 10.4. The molecule has 7 nitrogen and oxygen atoms in total. The van der Waals surface area contributed by atoms with Crippen molar-refractivity contribution in [3.8, 4) is 11.3 Å². The average molecular weight is 434 g/mol. The van der Waals surface area contributed by atoms with Crippen molar-refractivity contribution < 1.29 is 8.42 Å². The number of pyridine rings is 1. The van der Waals surface area contributed by atoms with Crippen LogP contribution in [0.15, 0.2) is 72.1 Å². The lowest BCUT2D eigenvalue weighted by Gasteiger charge is -2.22. The van der Waals surface area contributed by atoms with Crippen LogP contribution in [0.5, 0.6) is 0 Å². The van der Waals surface area contributed by atoms with Crippen molar-refractivity contribution >= 4 is 21.1 Å². The van der Waals surface area contributed by atoms with E-state index < -0.39 is 10.0 Å². The van der Waals surface area contributed by atoms with Gasteiger partial charge in [-0.05, 0) is 68.6 Å². The van der Waals surface area contributed by atoms with Crippen molar-refractivity contribution in [3.05, 3.63) is 72.9 Å². The maximum absolute atomic E-state index is 13.0. The first kappa shape index (κ1) is 19.8. The lowest BCUT2D eigenvalue weighted by Crippen LogP contribution is -2.28. The molecule has 0 amide bonds. The zero-order chi connectivity index (χ0) is 21.3. The number of nitrogens with one attached hydrogen (secondary N) is 1. The second-order valence-electron chi connectivity index (χ2n) is 7.86. The van der Waals surface area contributed by atoms with Gasteiger partial charge in [-0.2, -0.15) is 0 Å². The van der Waals surface area contributed by atoms with Crippen LogP contribution in [-0.4, -0.2) is 40.4 Å². The van der Waals surface area contributed by atoms with Crippen LogP contribution in [0.1, 0.15) is 18.5 Å². The Morgan fingerprint density at radius 1 is 1.00 bits per heavy atom. The van der Waals surface area contributed by atoms with Crippen LogP contribution in [0.25, 0.3) is 22.3 Å². The van der Waals surface area contributed by atoms with Gasteiger partial charge in [0.15, 0.2) is 5.65 Å². The Kier molecular flexibility index (Phi) is 5.25. The Bertz CT molecular complexity index is 1310. The summed E-state index contributed by atoms with van der Waals surface area (Å²) in [4.78, 5) is 13.6. The largest absolute Gasteiger partial charge is 0.317 e. The van der Waals surface area contributed by atoms with E-state index in [1.165, 1.54) is 3.97 Å². The van der Waals surface area contributed by atoms with Crippen LogP contribution in [0, 0.1) is 5.92 Å². The standard InChI is InChI=1S/C23H23N5O2S/c29-31(30,21-4-2-1-3-5-21)28-11-8-18-13-19(15-25-23(18)28)22-14-20(26-16-27-22)12-17-6-9-24-10-7-17/h1-5,8,11,13-17,24H,6-7,9-10,12H2. The summed E-state index contributed by atoms with van der Waals surface area (Å²) in [6, 6.07) is 14.1. The maximum Gasteiger partial charge on any atom is 0.269 e. The van der Waals surface area contributed by atoms with Crippen LogP contribution >= 0.6 is 0 Å². The summed E-state index contributed by atoms with van der Waals surface area (Å²) in [5, 5.41) is 4.14. The highest BCUT2D eigenvalue weighted by atomic mass is 32.2. The minimum absolute atomic E-state index is 0.233. The Balaban J connectivity index is 1.46. The fourth-order valence-corrected chi connectivity index (χ4v) is 5.42. The fraction of sp³-hybridized carbons (Fsp3) is 0.261. The van der Waals surface area contributed by atoms with E-state index in [9.17, 15) is 8.42 Å². The van der Waals surface area contributed by atoms with Crippen molar-refractivity contribution in [1.82, 2.24) is 24.2 Å². The van der Waals surface area contributed by atoms with Gasteiger partial charge in [0, 0.05) is 29.0 Å². The van der Waals surface area contributed by atoms with E-state index in [0.29, 0.717) is 11.6 Å². The number of benzene rings is 1. The highest BCUT2D eigenvalue weighted by Crippen LogP contribution is 2.26. The number of hydrogen-bond donors (Lipinski definition) is 1. The van der Waals surface area contributed by atoms with Crippen LogP contribution in [0.4, 0.5) is 0 Å². The number of piperidine rings is 1. The average Bonchev–Trinajstić information content (AvgIpc) is 3.25. The first-order chi connectivity index (χ1) is 15.1. The molecule has 1 N–H and O–H groups in total. The molecule has 4 heterocycles. The fourth-order valence-electron chi connectivity index (χ4n) is 4.09. The molecule has 0 unspecified atom stereocenters. The van der Waals surface area contributed by atoms with Crippen LogP contribution in [0.3, 0.4) is 0 Å². The van der Waals surface area contributed by atoms with Gasteiger partial charge in [-0.3, -0.25) is 0 Å². The third kappa shape index (κ3) is 3.96. The van der Waals surface area contributed by atoms with Crippen molar-refractivity contribution in [2.45, 2.75) is 24.2 Å². The van der Waals surface area contributed by atoms with Gasteiger partial charge in [0.1, 0.15) is 6.33 Å². The van der Waals surface area contributed by atoms with Gasteiger partial charge in [0.2, 0.25) is 0 Å². The molecule has 3 aromatic heterocycles. The SMILES string of the molecule is O=S(=O)(c1ccccc1)n1ccc2cc(-c3cc(CC4CCNCC4)ncn3)cnc21. The van der Waals surface area contributed by atoms with Crippen LogP contribution in [-0.2, 0) is 16.4 Å². The molecule has 1 aliphatic rings. The first-order valence-corrected chi connectivity index (χ1v) is 11.8. The molecule has 1 aromatic carbocycles. The second-order valence-corrected chi connectivity index (χ2v) is 9.67. The highest BCUT2D eigenvalue weighted by molar-refractivity contribution is 7.90. The number of rotatable bonds is 5. The molecule has 0 bridgehead atoms. The third-order valence-electron chi connectivity index (χ3n) is 5.77. The number of hydrogen-bond acceptors (Lipinski definition) is 6. The molecule has 0 spiro atoms. The highest BCUT2D eigenvalue weighted by Gasteiger charge is 2.20. The van der Waals surface area contributed by atoms with E-state index >= 15 is 0 Å². The number of fused-ring (bicyclic) bond motifs is 1. The lowest BCUT2D eigenvalue weighted by atomic mass is 9.93. The molecule has 1 fully saturated rings. The number of aromatic nitrogens is 4. The van der Waals surface area contributed by atoms with Gasteiger partial charge in [0.05, 0.1) is 10.6 Å². The summed E-state index contributed by atoms with van der Waals surface area (Å²) in [7, 11) is -3.70. The van der Waals surface area contributed by atoms with Crippen LogP contribution in [0.2, 0.25) is 0 Å². The smallest absolute Gasteiger partial charge is 0.269 e. The minimum atomic E-state index is -3.70. The molecule has 8 heteroatoms. The van der Waals surface area contributed by atoms with Gasteiger partial charge in [0.25, 0.3) is 10.0 Å². The third-order valence-corrected chi connectivity index (χ3v) is 7.45. The molecule has 0 atom stereocenters. The van der Waals surface area contributed by atoms with Crippen molar-refractivity contribution in [2.75, 3.05) is 13.1 Å². The van der Waals surface area contributed by atoms with Gasteiger partial charge in [-0.15, -0.1) is 0 Å². The Morgan fingerprint density at radius 2 is 1.81 bits per heavy atom. The molecular formula is C23H23N5O2S. The summed E-state index contributed by atoms with van der Waals surface area (Å²) < 4.78 is 27.2. The Hall–Kier alpha value is -3.10. The van der Waals surface area contributed by atoms with Gasteiger partial charge >= 0.3 is 0 Å². The van der Waals surface area contributed by atoms with Gasteiger partial charge in [-0.25, -0.2) is 27.3 Å². The van der Waals surface area contributed by atoms with E-state index in [0.717, 1.165) is 54.7 Å². The second kappa shape index (κ2) is 8.20. The van der Waals surface area contributed by atoms with Crippen molar-refractivity contribution in [1.29, 1.82) is 0 Å². The minimum Gasteiger partial charge on any atom is -0.317 e. The molecule has 1 aliphatic heterocycles. The lowest BCUT2D eigenvalue weighted by molar-refractivity contribution is 0.370. The molecule has 0 radical (unpaired) electrons. The van der Waals surface area contributed by atoms with E-state index in [1.807, 2.05) is 12.1 Å². The van der Waals surface area contributed by atoms with Crippen molar-refractivity contribution in [3.63, 3.8) is 0 Å². The van der Waals surface area contributed by atoms with E-state index in [1.54, 1.807) is 55.1 Å². The molecule has 158 valence electrons. The summed E-state index contributed by atoms with van der Waals surface area (Å²) >= 11 is 0. The molecular weight excluding hydrogens is 410 g/mol. The zero-order valence-electron chi connectivity index (χ0n) is 17.0. The van der Waals surface area contributed by atoms with E-state index in [-0.39, 0.29) is 4.90 Å².